The van der Waals surface area contributed by atoms with Crippen molar-refractivity contribution in [2.24, 2.45) is 5.92 Å². The number of methoxy groups -OCH3 is 1. The molecule has 0 spiro atoms. The van der Waals surface area contributed by atoms with Crippen molar-refractivity contribution < 1.29 is 9.53 Å². The van der Waals surface area contributed by atoms with Crippen LogP contribution < -0.4 is 4.74 Å². The number of nitrogens with zero attached hydrogens (tertiary/aromatic N) is 5. The van der Waals surface area contributed by atoms with E-state index in [1.807, 2.05) is 35.2 Å². The van der Waals surface area contributed by atoms with Gasteiger partial charge in [-0.05, 0) is 43.4 Å². The van der Waals surface area contributed by atoms with Gasteiger partial charge < -0.3 is 14.6 Å². The number of benzene rings is 1. The molecule has 1 amide bonds. The number of carbonyl (C=O) groups excluding carboxylic acids is 1. The molecule has 4 aromatic rings. The van der Waals surface area contributed by atoms with Gasteiger partial charge in [-0.2, -0.15) is 0 Å². The molecule has 8 nitrogen and oxygen atoms in total. The summed E-state index contributed by atoms with van der Waals surface area (Å²) < 4.78 is 5.46. The van der Waals surface area contributed by atoms with Gasteiger partial charge in [0.2, 0.25) is 0 Å². The van der Waals surface area contributed by atoms with Crippen LogP contribution in [0.1, 0.15) is 40.2 Å². The Kier molecular flexibility index (Phi) is 6.79. The number of hydrogen-bond acceptors (Lipinski definition) is 6. The number of para-hydroxylation sites is 1. The highest BCUT2D eigenvalue weighted by atomic mass is 16.5. The number of nitrogens with one attached hydrogen (secondary N) is 1. The summed E-state index contributed by atoms with van der Waals surface area (Å²) in [5.74, 6) is 1.90. The Labute approximate surface area is 204 Å². The molecule has 8 heteroatoms. The molecule has 1 N–H and O–H groups in total. The highest BCUT2D eigenvalue weighted by Crippen LogP contribution is 2.26. The normalized spacial score (nSPS) is 15.7. The van der Waals surface area contributed by atoms with Gasteiger partial charge in [0.15, 0.2) is 5.82 Å². The fraction of sp³-hybridized carbons (Fsp3) is 0.296. The number of pyridine rings is 1. The standard InChI is InChI=1S/C27H28N6O2/c1-35-24-7-3-2-6-20(24)16-22-17-21(8-9-28-22)27(34)33-14-4-5-19(18-33)15-23-25(30-11-10-29-23)26-31-12-13-32-26/h2-3,6-13,17,19H,4-5,14-16,18H2,1H3,(H,31,32). The van der Waals surface area contributed by atoms with Gasteiger partial charge in [-0.3, -0.25) is 14.8 Å². The molecule has 0 saturated carbocycles. The van der Waals surface area contributed by atoms with Crippen molar-refractivity contribution in [2.75, 3.05) is 20.2 Å². The molecule has 0 bridgehead atoms. The van der Waals surface area contributed by atoms with Crippen molar-refractivity contribution in [2.45, 2.75) is 25.7 Å². The smallest absolute Gasteiger partial charge is 0.253 e. The number of aromatic nitrogens is 5. The molecular weight excluding hydrogens is 440 g/mol. The summed E-state index contributed by atoms with van der Waals surface area (Å²) in [5, 5.41) is 0. The third-order valence-electron chi connectivity index (χ3n) is 6.41. The third-order valence-corrected chi connectivity index (χ3v) is 6.41. The summed E-state index contributed by atoms with van der Waals surface area (Å²) in [7, 11) is 1.66. The second kappa shape index (κ2) is 10.5. The highest BCUT2D eigenvalue weighted by Gasteiger charge is 2.26. The number of carbonyl (C=O) groups is 1. The van der Waals surface area contributed by atoms with E-state index in [4.69, 9.17) is 4.74 Å². The maximum atomic E-state index is 13.4. The molecule has 4 heterocycles. The molecule has 1 atom stereocenters. The second-order valence-corrected chi connectivity index (χ2v) is 8.78. The predicted molar refractivity (Wildman–Crippen MR) is 132 cm³/mol. The Morgan fingerprint density at radius 3 is 2.83 bits per heavy atom. The van der Waals surface area contributed by atoms with E-state index >= 15 is 0 Å². The Hall–Kier alpha value is -4.07. The van der Waals surface area contributed by atoms with Crippen LogP contribution in [0, 0.1) is 5.92 Å². The van der Waals surface area contributed by atoms with E-state index < -0.39 is 0 Å². The first kappa shape index (κ1) is 22.7. The quantitative estimate of drug-likeness (QED) is 0.441. The number of H-pyrrole nitrogens is 1. The maximum Gasteiger partial charge on any atom is 0.253 e. The molecule has 0 aliphatic carbocycles. The van der Waals surface area contributed by atoms with Crippen LogP contribution in [0.5, 0.6) is 5.75 Å². The van der Waals surface area contributed by atoms with Crippen molar-refractivity contribution >= 4 is 5.91 Å². The third kappa shape index (κ3) is 5.21. The van der Waals surface area contributed by atoms with Gasteiger partial charge in [0.05, 0.1) is 12.8 Å². The van der Waals surface area contributed by atoms with Crippen LogP contribution in [-0.2, 0) is 12.8 Å². The zero-order valence-corrected chi connectivity index (χ0v) is 19.7. The van der Waals surface area contributed by atoms with E-state index in [1.54, 1.807) is 44.2 Å². The Morgan fingerprint density at radius 2 is 1.97 bits per heavy atom. The van der Waals surface area contributed by atoms with Gasteiger partial charge in [-0.15, -0.1) is 0 Å². The molecule has 3 aromatic heterocycles. The molecule has 1 saturated heterocycles. The van der Waals surface area contributed by atoms with Crippen LogP contribution in [0.2, 0.25) is 0 Å². The molecule has 1 aliphatic rings. The summed E-state index contributed by atoms with van der Waals surface area (Å²) in [6.07, 6.45) is 12.0. The van der Waals surface area contributed by atoms with Crippen molar-refractivity contribution in [1.29, 1.82) is 0 Å². The molecule has 1 unspecified atom stereocenters. The first-order valence-corrected chi connectivity index (χ1v) is 11.9. The zero-order chi connectivity index (χ0) is 24.0. The summed E-state index contributed by atoms with van der Waals surface area (Å²) >= 11 is 0. The minimum absolute atomic E-state index is 0.0452. The maximum absolute atomic E-state index is 13.4. The Balaban J connectivity index is 1.28. The summed E-state index contributed by atoms with van der Waals surface area (Å²) in [6, 6.07) is 11.6. The number of hydrogen-bond donors (Lipinski definition) is 1. The molecule has 1 fully saturated rings. The first-order valence-electron chi connectivity index (χ1n) is 11.9. The lowest BCUT2D eigenvalue weighted by atomic mass is 9.92. The van der Waals surface area contributed by atoms with E-state index in [-0.39, 0.29) is 5.91 Å². The van der Waals surface area contributed by atoms with E-state index in [0.29, 0.717) is 24.4 Å². The molecular formula is C27H28N6O2. The molecule has 5 rings (SSSR count). The second-order valence-electron chi connectivity index (χ2n) is 8.78. The van der Waals surface area contributed by atoms with Crippen molar-refractivity contribution in [3.05, 3.63) is 89.9 Å². The van der Waals surface area contributed by atoms with Gasteiger partial charge in [0.25, 0.3) is 5.91 Å². The van der Waals surface area contributed by atoms with Crippen LogP contribution in [0.4, 0.5) is 0 Å². The monoisotopic (exact) mass is 468 g/mol. The summed E-state index contributed by atoms with van der Waals surface area (Å²) in [4.78, 5) is 36.4. The van der Waals surface area contributed by atoms with E-state index in [0.717, 1.165) is 60.0 Å². The van der Waals surface area contributed by atoms with Gasteiger partial charge in [-0.1, -0.05) is 18.2 Å². The predicted octanol–water partition coefficient (Wildman–Crippen LogP) is 3.96. The van der Waals surface area contributed by atoms with Gasteiger partial charge in [-0.25, -0.2) is 9.97 Å². The minimum atomic E-state index is 0.0452. The van der Waals surface area contributed by atoms with Gasteiger partial charge >= 0.3 is 0 Å². The average molecular weight is 469 g/mol. The lowest BCUT2D eigenvalue weighted by Crippen LogP contribution is -2.40. The number of ether oxygens (including phenoxy) is 1. The van der Waals surface area contributed by atoms with Crippen LogP contribution in [-0.4, -0.2) is 55.9 Å². The first-order chi connectivity index (χ1) is 17.2. The van der Waals surface area contributed by atoms with Gasteiger partial charge in [0, 0.05) is 67.3 Å². The van der Waals surface area contributed by atoms with Crippen LogP contribution >= 0.6 is 0 Å². The largest absolute Gasteiger partial charge is 0.496 e. The van der Waals surface area contributed by atoms with Crippen molar-refractivity contribution in [3.63, 3.8) is 0 Å². The van der Waals surface area contributed by atoms with E-state index in [1.165, 1.54) is 0 Å². The van der Waals surface area contributed by atoms with Crippen molar-refractivity contribution in [3.8, 4) is 17.3 Å². The molecule has 178 valence electrons. The van der Waals surface area contributed by atoms with Crippen LogP contribution in [0.3, 0.4) is 0 Å². The zero-order valence-electron chi connectivity index (χ0n) is 19.7. The number of amides is 1. The summed E-state index contributed by atoms with van der Waals surface area (Å²) in [5.41, 5.74) is 4.24. The molecule has 1 aromatic carbocycles. The fourth-order valence-electron chi connectivity index (χ4n) is 4.73. The SMILES string of the molecule is COc1ccccc1Cc1cc(C(=O)N2CCCC(Cc3nccnc3-c3ncc[nH]3)C2)ccn1. The number of piperidine rings is 1. The van der Waals surface area contributed by atoms with Crippen molar-refractivity contribution in [1.82, 2.24) is 29.8 Å². The lowest BCUT2D eigenvalue weighted by molar-refractivity contribution is 0.0672. The van der Waals surface area contributed by atoms with Crippen LogP contribution in [0.15, 0.2) is 67.4 Å². The lowest BCUT2D eigenvalue weighted by Gasteiger charge is -2.33. The molecule has 1 aliphatic heterocycles. The Bertz CT molecular complexity index is 1290. The van der Waals surface area contributed by atoms with Crippen LogP contribution in [0.25, 0.3) is 11.5 Å². The number of likely N-dealkylation sites (tertiary alicyclic amines) is 1. The number of aromatic amines is 1. The van der Waals surface area contributed by atoms with Gasteiger partial charge in [0.1, 0.15) is 11.4 Å². The molecule has 35 heavy (non-hydrogen) atoms. The Morgan fingerprint density at radius 1 is 1.09 bits per heavy atom. The number of imidazole rings is 1. The topological polar surface area (TPSA) is 96.9 Å². The molecule has 0 radical (unpaired) electrons. The average Bonchev–Trinajstić information content (AvgIpc) is 3.44. The van der Waals surface area contributed by atoms with E-state index in [9.17, 15) is 4.79 Å². The highest BCUT2D eigenvalue weighted by molar-refractivity contribution is 5.94. The number of rotatable bonds is 7. The van der Waals surface area contributed by atoms with E-state index in [2.05, 4.69) is 24.9 Å². The fourth-order valence-corrected chi connectivity index (χ4v) is 4.73. The summed E-state index contributed by atoms with van der Waals surface area (Å²) in [6.45, 7) is 1.45. The minimum Gasteiger partial charge on any atom is -0.496 e.